The zero-order chi connectivity index (χ0) is 72.8. The van der Waals surface area contributed by atoms with Crippen LogP contribution in [-0.4, -0.2) is 76.0 Å². The van der Waals surface area contributed by atoms with Gasteiger partial charge < -0.3 is 55.0 Å². The molecule has 0 atom stereocenters. The molecular formula is C79H61F5Ir5N13O4S-7. The Hall–Kier alpha value is -9.82. The molecule has 107 heavy (non-hydrogen) atoms. The van der Waals surface area contributed by atoms with Crippen molar-refractivity contribution in [3.8, 4) is 44.5 Å². The third-order valence-electron chi connectivity index (χ3n) is 13.5. The molecule has 0 bridgehead atoms. The number of carbonyl (C=O) groups excluding carboxylic acids is 1. The topological polar surface area (TPSA) is 196 Å². The molecule has 0 spiro atoms. The number of nitrogens with zero attached hydrogens (tertiary/aromatic N) is 13. The maximum atomic E-state index is 13.8. The van der Waals surface area contributed by atoms with E-state index in [0.717, 1.165) is 51.4 Å². The van der Waals surface area contributed by atoms with Crippen LogP contribution in [0.3, 0.4) is 0 Å². The maximum Gasteiger partial charge on any atom is 0.354 e. The molecule has 17 nitrogen and oxygen atoms in total. The van der Waals surface area contributed by atoms with Crippen molar-refractivity contribution >= 4 is 61.7 Å². The normalized spacial score (nSPS) is 10.9. The van der Waals surface area contributed by atoms with Crippen molar-refractivity contribution in [3.63, 3.8) is 0 Å². The number of hydrogen-bond acceptors (Lipinski definition) is 15. The number of aliphatic hydroxyl groups is 1. The molecule has 5 radical (unpaired) electrons. The number of aromatic nitrogens is 8. The summed E-state index contributed by atoms with van der Waals surface area (Å²) in [6.07, 6.45) is 15.9. The third kappa shape index (κ3) is 28.8. The van der Waals surface area contributed by atoms with Gasteiger partial charge in [0.1, 0.15) is 17.3 Å². The summed E-state index contributed by atoms with van der Waals surface area (Å²) < 4.78 is 66.5. The molecular weight excluding hydrogens is 2280 g/mol. The fraction of sp³-hybridized carbons (Fsp3) is 0.0633. The summed E-state index contributed by atoms with van der Waals surface area (Å²) in [5, 5.41) is 25.4. The first-order valence-corrected chi connectivity index (χ1v) is 31.4. The van der Waals surface area contributed by atoms with Crippen LogP contribution in [0.25, 0.3) is 59.4 Å². The number of halogens is 5. The van der Waals surface area contributed by atoms with Gasteiger partial charge in [0.15, 0.2) is 11.5 Å². The van der Waals surface area contributed by atoms with Crippen LogP contribution >= 0.6 is 11.3 Å². The van der Waals surface area contributed by atoms with Crippen LogP contribution in [0.5, 0.6) is 0 Å². The summed E-state index contributed by atoms with van der Waals surface area (Å²) >= 11 is 1.73. The van der Waals surface area contributed by atoms with E-state index in [1.807, 2.05) is 116 Å². The van der Waals surface area contributed by atoms with E-state index in [-0.39, 0.29) is 135 Å². The monoisotopic (exact) mass is 2350 g/mol. The van der Waals surface area contributed by atoms with Crippen molar-refractivity contribution in [2.75, 3.05) is 28.8 Å². The molecule has 559 valence electrons. The first-order valence-electron chi connectivity index (χ1n) is 30.6. The number of hydrogen-bond donors (Lipinski definition) is 2. The number of pyridine rings is 6. The van der Waals surface area contributed by atoms with Crippen molar-refractivity contribution in [2.24, 2.45) is 0 Å². The van der Waals surface area contributed by atoms with Crippen molar-refractivity contribution in [1.82, 2.24) is 45.0 Å². The van der Waals surface area contributed by atoms with Crippen LogP contribution in [0.15, 0.2) is 262 Å². The molecule has 0 amide bonds. The van der Waals surface area contributed by atoms with E-state index in [1.165, 1.54) is 72.1 Å². The molecule has 0 saturated heterocycles. The number of thiophene rings is 1. The van der Waals surface area contributed by atoms with Crippen LogP contribution < -0.4 is 19.8 Å². The second-order valence-corrected chi connectivity index (χ2v) is 22.3. The van der Waals surface area contributed by atoms with E-state index in [1.54, 1.807) is 78.5 Å². The van der Waals surface area contributed by atoms with E-state index < -0.39 is 34.9 Å². The summed E-state index contributed by atoms with van der Waals surface area (Å²) in [5.41, 5.74) is 7.53. The Morgan fingerprint density at radius 2 is 1.21 bits per heavy atom. The molecule has 2 N–H and O–H groups in total. The van der Waals surface area contributed by atoms with Gasteiger partial charge in [-0.1, -0.05) is 95.7 Å². The number of anilines is 4. The van der Waals surface area contributed by atoms with Gasteiger partial charge in [-0.15, -0.1) is 65.8 Å². The zero-order valence-corrected chi connectivity index (χ0v) is 69.7. The van der Waals surface area contributed by atoms with Crippen LogP contribution in [-0.2, 0) is 105 Å². The molecule has 8 aromatic heterocycles. The molecule has 13 aromatic rings. The number of aromatic carboxylic acids is 1. The van der Waals surface area contributed by atoms with Gasteiger partial charge in [0.25, 0.3) is 0 Å². The second kappa shape index (κ2) is 47.7. The molecule has 0 aliphatic carbocycles. The van der Waals surface area contributed by atoms with Gasteiger partial charge in [0.2, 0.25) is 0 Å². The number of allylic oxidation sites excluding steroid dienone is 2. The average Bonchev–Trinajstić information content (AvgIpc) is 1.71. The smallest absolute Gasteiger partial charge is 0.354 e. The molecule has 2 aliphatic rings. The van der Waals surface area contributed by atoms with Gasteiger partial charge in [-0.2, -0.15) is 37.0 Å². The number of aliphatic hydroxyl groups excluding tert-OH is 1. The van der Waals surface area contributed by atoms with Crippen LogP contribution in [0, 0.1) is 80.2 Å². The number of para-hydroxylation sites is 3. The number of carboxylic acid groups (broad SMARTS) is 1. The Morgan fingerprint density at radius 1 is 0.589 bits per heavy atom. The molecule has 28 heteroatoms. The quantitative estimate of drug-likeness (QED) is 0.0630. The molecule has 0 unspecified atom stereocenters. The van der Waals surface area contributed by atoms with Gasteiger partial charge in [0.05, 0.1) is 18.5 Å². The molecule has 0 fully saturated rings. The van der Waals surface area contributed by atoms with Crippen molar-refractivity contribution in [3.05, 3.63) is 351 Å². The summed E-state index contributed by atoms with van der Waals surface area (Å²) in [4.78, 5) is 56.0. The van der Waals surface area contributed by atoms with Gasteiger partial charge >= 0.3 is 5.97 Å². The van der Waals surface area contributed by atoms with Gasteiger partial charge in [-0.05, 0) is 135 Å². The van der Waals surface area contributed by atoms with Crippen molar-refractivity contribution in [2.45, 2.75) is 20.8 Å². The molecule has 10 heterocycles. The van der Waals surface area contributed by atoms with Crippen molar-refractivity contribution in [1.29, 1.82) is 0 Å². The number of ketones is 1. The number of aryl methyl sites for hydroxylation is 1. The minimum absolute atomic E-state index is 0. The number of rotatable bonds is 8. The van der Waals surface area contributed by atoms with Crippen LogP contribution in [0.4, 0.5) is 50.5 Å². The number of benzene rings is 5. The zero-order valence-electron chi connectivity index (χ0n) is 56.9. The first-order chi connectivity index (χ1) is 49.3. The van der Waals surface area contributed by atoms with Gasteiger partial charge in [0, 0.05) is 190 Å². The van der Waals surface area contributed by atoms with E-state index >= 15 is 0 Å². The predicted octanol–water partition coefficient (Wildman–Crippen LogP) is 17.9. The number of carboxylic acids is 1. The van der Waals surface area contributed by atoms with Gasteiger partial charge in [-0.3, -0.25) is 32.2 Å². The standard InChI is InChI=1S/C14H12N2.C13H7F2N2.C13H8NS.C11H6F2N.C9H9FN3.C8H6N3.C6H5NO2.C5H8O2.5Ir/c1-15-11-16(12-7-3-2-4-8-12)14-10-6-5-9-13(14)15;1-8-5-6-17-11(7-8)9-3-4-10(14)13(16-2)12(9)15;1-2-7-12-10(5-1)9-13(15-12)11-6-3-4-8-14-11;12-8-4-5-9(10(13)7-8)11-3-1-2-6-14-11;1-12-4-5-13(7-12)9-3-2-8(10)6-11-9;1-2-5-9-7(3-1)8-4-6-10-11-8;8-6(9)5-3-1-2-4-7-5;1-4(6)3-5(2)7;;;;;/h2-7,9-11H,1H3;4-7H,1H3;1-8H;1-4,6-7H;2-7H,1H3;1-6H;1-4H,(H,8,9);3,6H,1-2H3;;;;;/q-2;5*-1;;;;;;;. The summed E-state index contributed by atoms with van der Waals surface area (Å²) in [6, 6.07) is 68.9. The molecule has 15 rings (SSSR count). The number of fused-ring (bicyclic) bond motifs is 2. The summed E-state index contributed by atoms with van der Waals surface area (Å²) in [6.45, 7) is 15.4. The fourth-order valence-corrected chi connectivity index (χ4v) is 9.88. The second-order valence-electron chi connectivity index (χ2n) is 21.2. The van der Waals surface area contributed by atoms with E-state index in [0.29, 0.717) is 17.2 Å². The van der Waals surface area contributed by atoms with E-state index in [9.17, 15) is 31.5 Å². The Labute approximate surface area is 688 Å². The fourth-order valence-electron chi connectivity index (χ4n) is 8.90. The minimum atomic E-state index is -0.990. The third-order valence-corrected chi connectivity index (χ3v) is 14.6. The average molecular weight is 2340 g/mol. The van der Waals surface area contributed by atoms with E-state index in [2.05, 4.69) is 141 Å². The predicted molar refractivity (Wildman–Crippen MR) is 385 cm³/mol. The largest absolute Gasteiger partial charge is 0.574 e. The van der Waals surface area contributed by atoms with Crippen LogP contribution in [0.1, 0.15) is 29.9 Å². The Bertz CT molecular complexity index is 4880. The Balaban J connectivity index is 0.000000319. The molecule has 2 aliphatic heterocycles. The maximum absolute atomic E-state index is 13.8. The van der Waals surface area contributed by atoms with Crippen molar-refractivity contribution < 1.29 is 142 Å². The van der Waals surface area contributed by atoms with Crippen LogP contribution in [0.2, 0.25) is 0 Å². The minimum Gasteiger partial charge on any atom is -0.574 e. The Kier molecular flexibility index (Phi) is 40.7. The SMILES string of the molecule is CC(=O)C=C(C)O.CN1C=CN(c2ccc(F)cn2)[CH-]1.CN1[CH-]N(c2[c-]cccc2)c2ccccc21.Fc1c[c-]c(-c2ccccn2)c(F)c1.O=C(O)c1ccccn1.[C-]#[N+]c1c(F)c[c-]c(-c2cc(C)ccn2)c1F.[Ir].[Ir].[Ir].[Ir].[Ir].[c-]1c(-c2ccccn2)sc2ccccc12.c1ccc(-c2ccn[n-]2)nc1. The van der Waals surface area contributed by atoms with E-state index in [4.69, 9.17) is 16.8 Å². The Morgan fingerprint density at radius 3 is 1.73 bits per heavy atom. The molecule has 0 saturated carbocycles. The number of carbonyl (C=O) groups is 2. The first kappa shape index (κ1) is 91.4. The molecule has 5 aromatic carbocycles. The van der Waals surface area contributed by atoms with Gasteiger partial charge in [-0.25, -0.2) is 30.5 Å². The summed E-state index contributed by atoms with van der Waals surface area (Å²) in [7, 11) is 3.97. The summed E-state index contributed by atoms with van der Waals surface area (Å²) in [5.74, 6) is -3.77.